The van der Waals surface area contributed by atoms with Gasteiger partial charge in [0.05, 0.1) is 11.4 Å². The van der Waals surface area contributed by atoms with Crippen LogP contribution in [0, 0.1) is 11.8 Å². The molecule has 1 aliphatic heterocycles. The topological polar surface area (TPSA) is 29.3 Å². The molecule has 0 amide bonds. The fourth-order valence-electron chi connectivity index (χ4n) is 2.11. The molecular formula is C13H16N2. The molecule has 1 aliphatic rings. The van der Waals surface area contributed by atoms with E-state index in [9.17, 15) is 0 Å². The van der Waals surface area contributed by atoms with Gasteiger partial charge in [0.15, 0.2) is 0 Å². The molecule has 0 saturated carbocycles. The van der Waals surface area contributed by atoms with Gasteiger partial charge in [0.25, 0.3) is 0 Å². The van der Waals surface area contributed by atoms with Crippen molar-refractivity contribution in [3.8, 4) is 11.8 Å². The Balaban J connectivity index is 2.15. The molecule has 1 aromatic rings. The normalized spacial score (nSPS) is 13.3. The highest BCUT2D eigenvalue weighted by Gasteiger charge is 2.20. The number of hydrogen-bond acceptors (Lipinski definition) is 2. The van der Waals surface area contributed by atoms with Gasteiger partial charge in [-0.3, -0.25) is 0 Å². The quantitative estimate of drug-likeness (QED) is 0.584. The van der Waals surface area contributed by atoms with Crippen LogP contribution in [0.15, 0.2) is 18.2 Å². The van der Waals surface area contributed by atoms with Gasteiger partial charge in [-0.1, -0.05) is 12.1 Å². The number of rotatable bonds is 2. The molecule has 1 heterocycles. The highest BCUT2D eigenvalue weighted by molar-refractivity contribution is 5.74. The van der Waals surface area contributed by atoms with Crippen LogP contribution in [0.3, 0.4) is 0 Å². The molecule has 2 rings (SSSR count). The summed E-state index contributed by atoms with van der Waals surface area (Å²) in [5.74, 6) is 6.02. The Morgan fingerprint density at radius 3 is 3.13 bits per heavy atom. The van der Waals surface area contributed by atoms with Crippen LogP contribution in [-0.2, 0) is 6.42 Å². The van der Waals surface area contributed by atoms with Crippen molar-refractivity contribution in [3.05, 3.63) is 23.8 Å². The minimum atomic E-state index is 0.898. The molecule has 0 spiro atoms. The summed E-state index contributed by atoms with van der Waals surface area (Å²) in [6, 6.07) is 6.17. The lowest BCUT2D eigenvalue weighted by molar-refractivity contribution is 0.836. The van der Waals surface area contributed by atoms with Gasteiger partial charge in [-0.15, -0.1) is 11.8 Å². The maximum atomic E-state index is 5.99. The second-order valence-electron chi connectivity index (χ2n) is 3.77. The summed E-state index contributed by atoms with van der Waals surface area (Å²) >= 11 is 0. The summed E-state index contributed by atoms with van der Waals surface area (Å²) < 4.78 is 0. The fourth-order valence-corrected chi connectivity index (χ4v) is 2.11. The van der Waals surface area contributed by atoms with Gasteiger partial charge in [-0.05, 0) is 25.0 Å². The van der Waals surface area contributed by atoms with E-state index in [-0.39, 0.29) is 0 Å². The first-order chi connectivity index (χ1) is 7.33. The Morgan fingerprint density at radius 2 is 2.33 bits per heavy atom. The Bertz CT molecular complexity index is 412. The maximum absolute atomic E-state index is 5.99. The summed E-state index contributed by atoms with van der Waals surface area (Å²) in [7, 11) is 0. The lowest BCUT2D eigenvalue weighted by Crippen LogP contribution is -2.22. The van der Waals surface area contributed by atoms with Crippen molar-refractivity contribution in [3.63, 3.8) is 0 Å². The van der Waals surface area contributed by atoms with Gasteiger partial charge in [-0.2, -0.15) is 0 Å². The molecule has 0 atom stereocenters. The van der Waals surface area contributed by atoms with Crippen LogP contribution >= 0.6 is 0 Å². The summed E-state index contributed by atoms with van der Waals surface area (Å²) in [4.78, 5) is 2.34. The lowest BCUT2D eigenvalue weighted by Gasteiger charge is -2.19. The molecular weight excluding hydrogens is 184 g/mol. The van der Waals surface area contributed by atoms with Gasteiger partial charge in [0.1, 0.15) is 0 Å². The van der Waals surface area contributed by atoms with E-state index in [1.165, 1.54) is 11.3 Å². The van der Waals surface area contributed by atoms with Gasteiger partial charge in [-0.25, -0.2) is 0 Å². The monoisotopic (exact) mass is 200 g/mol. The number of nitrogen functional groups attached to an aromatic ring is 1. The molecule has 0 unspecified atom stereocenters. The molecule has 0 aliphatic carbocycles. The van der Waals surface area contributed by atoms with Crippen LogP contribution in [0.2, 0.25) is 0 Å². The number of benzene rings is 1. The van der Waals surface area contributed by atoms with E-state index in [2.05, 4.69) is 22.8 Å². The van der Waals surface area contributed by atoms with Crippen molar-refractivity contribution >= 4 is 11.4 Å². The minimum Gasteiger partial charge on any atom is -0.397 e. The molecule has 2 heteroatoms. The maximum Gasteiger partial charge on any atom is 0.0633 e. The van der Waals surface area contributed by atoms with E-state index in [1.807, 2.05) is 19.1 Å². The first kappa shape index (κ1) is 9.92. The second kappa shape index (κ2) is 4.27. The second-order valence-corrected chi connectivity index (χ2v) is 3.77. The Hall–Kier alpha value is -1.62. The van der Waals surface area contributed by atoms with Crippen molar-refractivity contribution < 1.29 is 0 Å². The predicted octanol–water partition coefficient (Wildman–Crippen LogP) is 2.04. The zero-order valence-electron chi connectivity index (χ0n) is 9.09. The van der Waals surface area contributed by atoms with Crippen LogP contribution < -0.4 is 10.6 Å². The third-order valence-corrected chi connectivity index (χ3v) is 2.80. The zero-order valence-corrected chi connectivity index (χ0v) is 9.09. The smallest absolute Gasteiger partial charge is 0.0633 e. The average molecular weight is 200 g/mol. The van der Waals surface area contributed by atoms with E-state index < -0.39 is 0 Å². The van der Waals surface area contributed by atoms with E-state index in [4.69, 9.17) is 5.73 Å². The highest BCUT2D eigenvalue weighted by atomic mass is 15.2. The lowest BCUT2D eigenvalue weighted by atomic mass is 10.1. The van der Waals surface area contributed by atoms with E-state index in [0.717, 1.165) is 31.6 Å². The predicted molar refractivity (Wildman–Crippen MR) is 64.8 cm³/mol. The Morgan fingerprint density at radius 1 is 1.47 bits per heavy atom. The number of nitrogens with two attached hydrogens (primary N) is 1. The first-order valence-corrected chi connectivity index (χ1v) is 5.35. The molecule has 0 saturated heterocycles. The molecule has 0 fully saturated rings. The van der Waals surface area contributed by atoms with Crippen molar-refractivity contribution in [2.75, 3.05) is 23.7 Å². The van der Waals surface area contributed by atoms with Crippen LogP contribution in [-0.4, -0.2) is 13.1 Å². The van der Waals surface area contributed by atoms with E-state index in [1.54, 1.807) is 0 Å². The van der Waals surface area contributed by atoms with Crippen LogP contribution in [0.5, 0.6) is 0 Å². The van der Waals surface area contributed by atoms with E-state index in [0.29, 0.717) is 0 Å². The third-order valence-electron chi connectivity index (χ3n) is 2.80. The molecule has 0 bridgehead atoms. The average Bonchev–Trinajstić information content (AvgIpc) is 2.63. The summed E-state index contributed by atoms with van der Waals surface area (Å²) in [6.45, 7) is 3.95. The number of nitrogens with zero attached hydrogens (tertiary/aromatic N) is 1. The molecule has 15 heavy (non-hydrogen) atoms. The molecule has 1 aromatic carbocycles. The third kappa shape index (κ3) is 1.92. The number of fused-ring (bicyclic) bond motifs is 1. The number of hydrogen-bond donors (Lipinski definition) is 1. The van der Waals surface area contributed by atoms with Crippen LogP contribution in [0.4, 0.5) is 11.4 Å². The van der Waals surface area contributed by atoms with Crippen molar-refractivity contribution in [1.82, 2.24) is 0 Å². The van der Waals surface area contributed by atoms with Crippen LogP contribution in [0.1, 0.15) is 18.9 Å². The zero-order chi connectivity index (χ0) is 10.7. The summed E-state index contributed by atoms with van der Waals surface area (Å²) in [6.07, 6.45) is 2.03. The van der Waals surface area contributed by atoms with Crippen molar-refractivity contribution in [1.29, 1.82) is 0 Å². The van der Waals surface area contributed by atoms with Gasteiger partial charge in [0, 0.05) is 19.5 Å². The Kier molecular flexibility index (Phi) is 2.82. The largest absolute Gasteiger partial charge is 0.397 e. The summed E-state index contributed by atoms with van der Waals surface area (Å²) in [5.41, 5.74) is 9.49. The fraction of sp³-hybridized carbons (Fsp3) is 0.385. The van der Waals surface area contributed by atoms with E-state index >= 15 is 0 Å². The minimum absolute atomic E-state index is 0.898. The molecule has 0 aromatic heterocycles. The molecule has 0 radical (unpaired) electrons. The first-order valence-electron chi connectivity index (χ1n) is 5.35. The SMILES string of the molecule is CC#CCCN1CCc2cccc(N)c21. The standard InChI is InChI=1S/C13H16N2/c1-2-3-4-9-15-10-8-11-6-5-7-12(14)13(11)15/h5-7H,4,8-10,14H2,1H3. The molecule has 2 nitrogen and oxygen atoms in total. The van der Waals surface area contributed by atoms with Gasteiger partial charge in [0.2, 0.25) is 0 Å². The van der Waals surface area contributed by atoms with Crippen molar-refractivity contribution in [2.45, 2.75) is 19.8 Å². The van der Waals surface area contributed by atoms with Crippen molar-refractivity contribution in [2.24, 2.45) is 0 Å². The van der Waals surface area contributed by atoms with Gasteiger partial charge >= 0.3 is 0 Å². The number of para-hydroxylation sites is 1. The Labute approximate surface area is 91.1 Å². The molecule has 78 valence electrons. The van der Waals surface area contributed by atoms with Crippen LogP contribution in [0.25, 0.3) is 0 Å². The van der Waals surface area contributed by atoms with Gasteiger partial charge < -0.3 is 10.6 Å². The molecule has 2 N–H and O–H groups in total. The summed E-state index contributed by atoms with van der Waals surface area (Å²) in [5, 5.41) is 0. The highest BCUT2D eigenvalue weighted by Crippen LogP contribution is 2.33. The number of anilines is 2.